The van der Waals surface area contributed by atoms with Crippen LogP contribution >= 0.6 is 0 Å². The summed E-state index contributed by atoms with van der Waals surface area (Å²) in [4.78, 5) is 17.7. The normalized spacial score (nSPS) is 26.6. The second-order valence-corrected chi connectivity index (χ2v) is 7.11. The molecule has 1 aromatic heterocycles. The van der Waals surface area contributed by atoms with E-state index in [1.54, 1.807) is 6.20 Å². The van der Waals surface area contributed by atoms with E-state index in [0.29, 0.717) is 12.1 Å². The first kappa shape index (κ1) is 17.4. The molecule has 0 aromatic carbocycles. The summed E-state index contributed by atoms with van der Waals surface area (Å²) in [5.41, 5.74) is 1.70. The standard InChI is InChI=1S/C18H31N5O/c1-4-15(5-2)23-14(3)17(12-20-23)18(24)19-11-16-13-21-7-6-8-22(16)10-9-21/h12,15-16H,4-11,13H2,1-3H3,(H,19,24)/t16-/m1/s1. The van der Waals surface area contributed by atoms with E-state index >= 15 is 0 Å². The lowest BCUT2D eigenvalue weighted by Gasteiger charge is -2.37. The van der Waals surface area contributed by atoms with Crippen molar-refractivity contribution in [3.63, 3.8) is 0 Å². The number of amides is 1. The smallest absolute Gasteiger partial charge is 0.254 e. The molecule has 0 aliphatic carbocycles. The Hall–Kier alpha value is -1.40. The molecule has 4 rings (SSSR count). The third-order valence-electron chi connectivity index (χ3n) is 5.68. The molecule has 1 aromatic rings. The molecule has 3 atom stereocenters. The Morgan fingerprint density at radius 3 is 2.83 bits per heavy atom. The number of carbonyl (C=O) groups excluding carboxylic acids is 1. The fourth-order valence-electron chi connectivity index (χ4n) is 4.10. The molecule has 1 N–H and O–H groups in total. The van der Waals surface area contributed by atoms with E-state index in [0.717, 1.165) is 50.3 Å². The van der Waals surface area contributed by atoms with Crippen molar-refractivity contribution < 1.29 is 4.79 Å². The highest BCUT2D eigenvalue weighted by atomic mass is 16.1. The predicted molar refractivity (Wildman–Crippen MR) is 95.3 cm³/mol. The van der Waals surface area contributed by atoms with Crippen LogP contribution in [-0.4, -0.2) is 70.8 Å². The van der Waals surface area contributed by atoms with Crippen molar-refractivity contribution in [3.8, 4) is 0 Å². The van der Waals surface area contributed by atoms with Crippen LogP contribution in [0.1, 0.15) is 55.2 Å². The summed E-state index contributed by atoms with van der Waals surface area (Å²) < 4.78 is 2.01. The monoisotopic (exact) mass is 333 g/mol. The number of fused-ring (bicyclic) bond motifs is 4. The van der Waals surface area contributed by atoms with Crippen molar-refractivity contribution in [1.82, 2.24) is 24.9 Å². The van der Waals surface area contributed by atoms with Crippen molar-refractivity contribution in [2.75, 3.05) is 39.3 Å². The van der Waals surface area contributed by atoms with Crippen LogP contribution in [0.4, 0.5) is 0 Å². The molecule has 6 nitrogen and oxygen atoms in total. The van der Waals surface area contributed by atoms with Gasteiger partial charge in [-0.15, -0.1) is 0 Å². The van der Waals surface area contributed by atoms with Gasteiger partial charge in [0.05, 0.1) is 17.8 Å². The van der Waals surface area contributed by atoms with Crippen LogP contribution in [0.15, 0.2) is 6.20 Å². The van der Waals surface area contributed by atoms with Crippen molar-refractivity contribution >= 4 is 5.91 Å². The summed E-state index contributed by atoms with van der Waals surface area (Å²) in [5.74, 6) is 0.0148. The maximum Gasteiger partial charge on any atom is 0.254 e. The molecular formula is C18H31N5O. The van der Waals surface area contributed by atoms with Crippen LogP contribution in [0.25, 0.3) is 0 Å². The highest BCUT2D eigenvalue weighted by molar-refractivity contribution is 5.95. The average Bonchev–Trinajstić information content (AvgIpc) is 2.78. The van der Waals surface area contributed by atoms with E-state index in [1.165, 1.54) is 19.5 Å². The minimum Gasteiger partial charge on any atom is -0.350 e. The fourth-order valence-corrected chi connectivity index (χ4v) is 4.10. The first-order valence-electron chi connectivity index (χ1n) is 9.42. The second kappa shape index (κ2) is 7.66. The lowest BCUT2D eigenvalue weighted by Crippen LogP contribution is -2.54. The van der Waals surface area contributed by atoms with Gasteiger partial charge in [-0.25, -0.2) is 0 Å². The molecule has 4 heterocycles. The van der Waals surface area contributed by atoms with Crippen LogP contribution in [-0.2, 0) is 0 Å². The fraction of sp³-hybridized carbons (Fsp3) is 0.778. The molecular weight excluding hydrogens is 302 g/mol. The van der Waals surface area contributed by atoms with Gasteiger partial charge in [0.15, 0.2) is 0 Å². The van der Waals surface area contributed by atoms with Gasteiger partial charge in [0, 0.05) is 37.9 Å². The summed E-state index contributed by atoms with van der Waals surface area (Å²) in [7, 11) is 0. The van der Waals surface area contributed by atoms with Crippen molar-refractivity contribution in [2.24, 2.45) is 0 Å². The zero-order chi connectivity index (χ0) is 17.1. The summed E-state index contributed by atoms with van der Waals surface area (Å²) in [5, 5.41) is 7.61. The van der Waals surface area contributed by atoms with E-state index < -0.39 is 0 Å². The van der Waals surface area contributed by atoms with Gasteiger partial charge in [-0.05, 0) is 39.3 Å². The number of nitrogens with zero attached hydrogens (tertiary/aromatic N) is 4. The third-order valence-corrected chi connectivity index (χ3v) is 5.68. The third kappa shape index (κ3) is 3.49. The lowest BCUT2D eigenvalue weighted by molar-refractivity contribution is 0.0878. The summed E-state index contributed by atoms with van der Waals surface area (Å²) in [6, 6.07) is 0.822. The Bertz CT molecular complexity index is 562. The number of piperazine rings is 1. The minimum absolute atomic E-state index is 0.0148. The van der Waals surface area contributed by atoms with Crippen molar-refractivity contribution in [2.45, 2.75) is 52.1 Å². The van der Waals surface area contributed by atoms with Gasteiger partial charge in [0.25, 0.3) is 5.91 Å². The largest absolute Gasteiger partial charge is 0.350 e. The van der Waals surface area contributed by atoms with Gasteiger partial charge in [-0.3, -0.25) is 14.4 Å². The lowest BCUT2D eigenvalue weighted by atomic mass is 10.1. The maximum absolute atomic E-state index is 12.6. The van der Waals surface area contributed by atoms with Gasteiger partial charge in [-0.2, -0.15) is 5.10 Å². The van der Waals surface area contributed by atoms with Crippen molar-refractivity contribution in [1.29, 1.82) is 0 Å². The van der Waals surface area contributed by atoms with Crippen molar-refractivity contribution in [3.05, 3.63) is 17.5 Å². The molecule has 3 fully saturated rings. The Morgan fingerprint density at radius 2 is 2.08 bits per heavy atom. The van der Waals surface area contributed by atoms with Gasteiger partial charge < -0.3 is 10.2 Å². The molecule has 2 bridgehead atoms. The van der Waals surface area contributed by atoms with E-state index in [4.69, 9.17) is 0 Å². The highest BCUT2D eigenvalue weighted by Crippen LogP contribution is 2.19. The molecule has 2 unspecified atom stereocenters. The Balaban J connectivity index is 1.61. The van der Waals surface area contributed by atoms with E-state index in [9.17, 15) is 4.79 Å². The zero-order valence-electron chi connectivity index (χ0n) is 15.3. The van der Waals surface area contributed by atoms with Crippen LogP contribution < -0.4 is 5.32 Å². The number of nitrogens with one attached hydrogen (secondary N) is 1. The maximum atomic E-state index is 12.6. The first-order valence-corrected chi connectivity index (χ1v) is 9.42. The van der Waals surface area contributed by atoms with Gasteiger partial charge in [-0.1, -0.05) is 13.8 Å². The SMILES string of the molecule is CCC(CC)n1ncc(C(=O)NC[C@@H]2CN3CCCN2CC3)c1C. The number of rotatable bonds is 6. The average molecular weight is 333 g/mol. The highest BCUT2D eigenvalue weighted by Gasteiger charge is 2.30. The van der Waals surface area contributed by atoms with Gasteiger partial charge >= 0.3 is 0 Å². The predicted octanol–water partition coefficient (Wildman–Crippen LogP) is 1.67. The molecule has 6 heteroatoms. The first-order chi connectivity index (χ1) is 11.6. The molecule has 3 aliphatic heterocycles. The molecule has 1 amide bonds. The summed E-state index contributed by atoms with van der Waals surface area (Å²) in [6.07, 6.45) is 5.04. The molecule has 3 aliphatic rings. The van der Waals surface area contributed by atoms with Gasteiger partial charge in [0.2, 0.25) is 0 Å². The molecule has 0 spiro atoms. The van der Waals surface area contributed by atoms with Gasteiger partial charge in [0.1, 0.15) is 0 Å². The molecule has 0 saturated carbocycles. The van der Waals surface area contributed by atoms with Crippen LogP contribution in [0.2, 0.25) is 0 Å². The van der Waals surface area contributed by atoms with E-state index in [2.05, 4.69) is 34.1 Å². The second-order valence-electron chi connectivity index (χ2n) is 7.11. The number of hydrogen-bond acceptors (Lipinski definition) is 4. The Kier molecular flexibility index (Phi) is 5.56. The Labute approximate surface area is 145 Å². The summed E-state index contributed by atoms with van der Waals surface area (Å²) in [6.45, 7) is 12.8. The quantitative estimate of drug-likeness (QED) is 0.860. The number of aromatic nitrogens is 2. The van der Waals surface area contributed by atoms with Crippen LogP contribution in [0.3, 0.4) is 0 Å². The van der Waals surface area contributed by atoms with Crippen LogP contribution in [0, 0.1) is 6.92 Å². The number of carbonyl (C=O) groups is 1. The molecule has 24 heavy (non-hydrogen) atoms. The molecule has 0 radical (unpaired) electrons. The minimum atomic E-state index is 0.0148. The topological polar surface area (TPSA) is 53.4 Å². The van der Waals surface area contributed by atoms with Crippen LogP contribution in [0.5, 0.6) is 0 Å². The number of hydrogen-bond donors (Lipinski definition) is 1. The van der Waals surface area contributed by atoms with E-state index in [-0.39, 0.29) is 5.91 Å². The Morgan fingerprint density at radius 1 is 1.29 bits per heavy atom. The zero-order valence-corrected chi connectivity index (χ0v) is 15.3. The summed E-state index contributed by atoms with van der Waals surface area (Å²) >= 11 is 0. The molecule has 134 valence electrons. The molecule has 3 saturated heterocycles. The van der Waals surface area contributed by atoms with E-state index in [1.807, 2.05) is 11.6 Å².